The molecule has 1 saturated heterocycles. The van der Waals surface area contributed by atoms with Crippen LogP contribution in [0.5, 0.6) is 0 Å². The lowest BCUT2D eigenvalue weighted by Crippen LogP contribution is -2.40. The van der Waals surface area contributed by atoms with Crippen LogP contribution in [-0.4, -0.2) is 41.5 Å². The van der Waals surface area contributed by atoms with Gasteiger partial charge < -0.3 is 9.63 Å². The second-order valence-electron chi connectivity index (χ2n) is 6.96. The van der Waals surface area contributed by atoms with Gasteiger partial charge in [0.2, 0.25) is 10.0 Å². The Kier molecular flexibility index (Phi) is 4.97. The third kappa shape index (κ3) is 3.45. The highest BCUT2D eigenvalue weighted by atomic mass is 32.2. The maximum atomic E-state index is 12.9. The van der Waals surface area contributed by atoms with Gasteiger partial charge in [0.05, 0.1) is 10.5 Å². The Bertz CT molecular complexity index is 1140. The molecule has 0 radical (unpaired) electrons. The van der Waals surface area contributed by atoms with Crippen LogP contribution in [-0.2, 0) is 14.8 Å². The summed E-state index contributed by atoms with van der Waals surface area (Å²) in [6.07, 6.45) is 0.863. The number of aromatic nitrogens is 1. The number of benzene rings is 2. The first-order valence-electron chi connectivity index (χ1n) is 9.26. The molecule has 0 saturated carbocycles. The van der Waals surface area contributed by atoms with Gasteiger partial charge in [0.15, 0.2) is 0 Å². The Hall–Kier alpha value is -2.97. The van der Waals surface area contributed by atoms with Gasteiger partial charge in [0, 0.05) is 12.1 Å². The third-order valence-corrected chi connectivity index (χ3v) is 7.07. The quantitative estimate of drug-likeness (QED) is 0.688. The maximum Gasteiger partial charge on any atom is 0.322 e. The van der Waals surface area contributed by atoms with Crippen LogP contribution in [0, 0.1) is 6.92 Å². The molecule has 2 aromatic carbocycles. The Morgan fingerprint density at radius 3 is 2.45 bits per heavy atom. The molecule has 8 heteroatoms. The SMILES string of the molecule is Cc1onc(-c2ccccc2)c1-c1ccc(S(=O)(=O)N2CCC[C@H]2C(=O)O)cc1. The molecule has 0 spiro atoms. The first-order chi connectivity index (χ1) is 13.9. The Morgan fingerprint density at radius 2 is 1.79 bits per heavy atom. The van der Waals surface area contributed by atoms with Gasteiger partial charge in [-0.25, -0.2) is 8.42 Å². The predicted molar refractivity (Wildman–Crippen MR) is 107 cm³/mol. The van der Waals surface area contributed by atoms with Crippen molar-refractivity contribution in [2.24, 2.45) is 0 Å². The van der Waals surface area contributed by atoms with E-state index in [2.05, 4.69) is 5.16 Å². The van der Waals surface area contributed by atoms with Crippen LogP contribution in [0.4, 0.5) is 0 Å². The van der Waals surface area contributed by atoms with Crippen molar-refractivity contribution in [1.29, 1.82) is 0 Å². The molecule has 1 fully saturated rings. The molecule has 1 atom stereocenters. The van der Waals surface area contributed by atoms with Crippen molar-refractivity contribution in [3.05, 3.63) is 60.4 Å². The lowest BCUT2D eigenvalue weighted by Gasteiger charge is -2.21. The summed E-state index contributed by atoms with van der Waals surface area (Å²) in [5.41, 5.74) is 3.16. The van der Waals surface area contributed by atoms with Crippen LogP contribution in [0.15, 0.2) is 64.0 Å². The number of hydrogen-bond donors (Lipinski definition) is 1. The molecule has 0 unspecified atom stereocenters. The highest BCUT2D eigenvalue weighted by Crippen LogP contribution is 2.35. The molecule has 7 nitrogen and oxygen atoms in total. The van der Waals surface area contributed by atoms with E-state index in [1.165, 1.54) is 12.1 Å². The fraction of sp³-hybridized carbons (Fsp3) is 0.238. The van der Waals surface area contributed by atoms with Crippen molar-refractivity contribution in [3.8, 4) is 22.4 Å². The molecule has 1 aromatic heterocycles. The largest absolute Gasteiger partial charge is 0.480 e. The molecule has 1 aliphatic rings. The van der Waals surface area contributed by atoms with Crippen molar-refractivity contribution in [2.75, 3.05) is 6.54 Å². The molecule has 1 aliphatic heterocycles. The van der Waals surface area contributed by atoms with E-state index < -0.39 is 22.0 Å². The number of rotatable bonds is 5. The van der Waals surface area contributed by atoms with Crippen LogP contribution < -0.4 is 0 Å². The second-order valence-corrected chi connectivity index (χ2v) is 8.86. The Balaban J connectivity index is 1.70. The van der Waals surface area contributed by atoms with Crippen LogP contribution in [0.3, 0.4) is 0 Å². The van der Waals surface area contributed by atoms with E-state index in [0.717, 1.165) is 21.0 Å². The zero-order chi connectivity index (χ0) is 20.6. The van der Waals surface area contributed by atoms with Crippen molar-refractivity contribution in [3.63, 3.8) is 0 Å². The molecule has 150 valence electrons. The summed E-state index contributed by atoms with van der Waals surface area (Å²) in [5, 5.41) is 13.5. The number of aliphatic carboxylic acids is 1. The van der Waals surface area contributed by atoms with Gasteiger partial charge in [-0.15, -0.1) is 0 Å². The van der Waals surface area contributed by atoms with Gasteiger partial charge in [0.25, 0.3) is 0 Å². The molecule has 0 amide bonds. The smallest absolute Gasteiger partial charge is 0.322 e. The highest BCUT2D eigenvalue weighted by molar-refractivity contribution is 7.89. The second kappa shape index (κ2) is 7.46. The molecule has 1 N–H and O–H groups in total. The molecule has 0 aliphatic carbocycles. The standard InChI is InChI=1S/C21H20N2O5S/c1-14-19(20(22-28-14)16-6-3-2-4-7-16)15-9-11-17(12-10-15)29(26,27)23-13-5-8-18(23)21(24)25/h2-4,6-7,9-12,18H,5,8,13H2,1H3,(H,24,25)/t18-/m0/s1. The molecular formula is C21H20N2O5S. The Morgan fingerprint density at radius 1 is 1.10 bits per heavy atom. The van der Waals surface area contributed by atoms with Gasteiger partial charge in [-0.05, 0) is 37.5 Å². The normalized spacial score (nSPS) is 17.5. The summed E-state index contributed by atoms with van der Waals surface area (Å²) in [6.45, 7) is 2.02. The minimum Gasteiger partial charge on any atom is -0.480 e. The van der Waals surface area contributed by atoms with Crippen molar-refractivity contribution < 1.29 is 22.8 Å². The lowest BCUT2D eigenvalue weighted by atomic mass is 10.00. The van der Waals surface area contributed by atoms with E-state index in [9.17, 15) is 18.3 Å². The predicted octanol–water partition coefficient (Wildman–Crippen LogP) is 3.55. The fourth-order valence-electron chi connectivity index (χ4n) is 3.71. The van der Waals surface area contributed by atoms with E-state index in [1.54, 1.807) is 19.1 Å². The van der Waals surface area contributed by atoms with Crippen LogP contribution in [0.1, 0.15) is 18.6 Å². The van der Waals surface area contributed by atoms with E-state index in [-0.39, 0.29) is 11.4 Å². The number of sulfonamides is 1. The van der Waals surface area contributed by atoms with Gasteiger partial charge >= 0.3 is 5.97 Å². The summed E-state index contributed by atoms with van der Waals surface area (Å²) < 4.78 is 32.3. The van der Waals surface area contributed by atoms with E-state index >= 15 is 0 Å². The molecule has 4 rings (SSSR count). The summed E-state index contributed by atoms with van der Waals surface area (Å²) in [6, 6.07) is 15.0. The van der Waals surface area contributed by atoms with Gasteiger partial charge in [-0.2, -0.15) is 4.31 Å². The molecule has 29 heavy (non-hydrogen) atoms. The van der Waals surface area contributed by atoms with Crippen molar-refractivity contribution in [2.45, 2.75) is 30.7 Å². The third-order valence-electron chi connectivity index (χ3n) is 5.15. The summed E-state index contributed by atoms with van der Waals surface area (Å²) in [7, 11) is -3.88. The van der Waals surface area contributed by atoms with E-state index in [4.69, 9.17) is 4.52 Å². The topological polar surface area (TPSA) is 101 Å². The summed E-state index contributed by atoms with van der Waals surface area (Å²) in [5.74, 6) is -0.486. The number of hydrogen-bond acceptors (Lipinski definition) is 5. The minimum atomic E-state index is -3.88. The molecule has 2 heterocycles. The first kappa shape index (κ1) is 19.4. The average molecular weight is 412 g/mol. The van der Waals surface area contributed by atoms with Gasteiger partial charge in [-0.3, -0.25) is 4.79 Å². The van der Waals surface area contributed by atoms with Crippen LogP contribution in [0.2, 0.25) is 0 Å². The number of carbonyl (C=O) groups is 1. The van der Waals surface area contributed by atoms with Crippen LogP contribution >= 0.6 is 0 Å². The minimum absolute atomic E-state index is 0.0739. The number of aryl methyl sites for hydroxylation is 1. The van der Waals surface area contributed by atoms with E-state index in [0.29, 0.717) is 24.3 Å². The van der Waals surface area contributed by atoms with Gasteiger partial charge in [-0.1, -0.05) is 47.6 Å². The monoisotopic (exact) mass is 412 g/mol. The molecule has 3 aromatic rings. The molecular weight excluding hydrogens is 392 g/mol. The van der Waals surface area contributed by atoms with Crippen molar-refractivity contribution in [1.82, 2.24) is 9.46 Å². The summed E-state index contributed by atoms with van der Waals surface area (Å²) in [4.78, 5) is 11.5. The average Bonchev–Trinajstić information content (AvgIpc) is 3.36. The zero-order valence-electron chi connectivity index (χ0n) is 15.8. The number of nitrogens with zero attached hydrogens (tertiary/aromatic N) is 2. The lowest BCUT2D eigenvalue weighted by molar-refractivity contribution is -0.140. The first-order valence-corrected chi connectivity index (χ1v) is 10.7. The van der Waals surface area contributed by atoms with Crippen LogP contribution in [0.25, 0.3) is 22.4 Å². The highest BCUT2D eigenvalue weighted by Gasteiger charge is 2.39. The fourth-order valence-corrected chi connectivity index (χ4v) is 5.36. The molecule has 0 bridgehead atoms. The zero-order valence-corrected chi connectivity index (χ0v) is 16.6. The number of carboxylic acids is 1. The maximum absolute atomic E-state index is 12.9. The Labute approximate surface area is 168 Å². The number of carboxylic acid groups (broad SMARTS) is 1. The van der Waals surface area contributed by atoms with Crippen molar-refractivity contribution >= 4 is 16.0 Å². The van der Waals surface area contributed by atoms with Gasteiger partial charge in [0.1, 0.15) is 17.5 Å². The van der Waals surface area contributed by atoms with E-state index in [1.807, 2.05) is 30.3 Å². The summed E-state index contributed by atoms with van der Waals surface area (Å²) >= 11 is 0.